The maximum atomic E-state index is 13.5. The molecule has 11 nitrogen and oxygen atoms in total. The Bertz CT molecular complexity index is 1200. The molecule has 0 aliphatic rings. The largest absolute Gasteiger partial charge is 0.495 e. The fourth-order valence-corrected chi connectivity index (χ4v) is 4.30. The third-order valence-electron chi connectivity index (χ3n) is 5.51. The summed E-state index contributed by atoms with van der Waals surface area (Å²) in [6, 6.07) is 9.96. The van der Waals surface area contributed by atoms with Gasteiger partial charge < -0.3 is 15.0 Å². The van der Waals surface area contributed by atoms with Gasteiger partial charge in [-0.1, -0.05) is 36.8 Å². The number of nitro benzene ring substituents is 1. The molecule has 196 valence electrons. The molecular weight excluding hydrogens is 488 g/mol. The van der Waals surface area contributed by atoms with E-state index in [1.165, 1.54) is 24.1 Å². The molecule has 0 aromatic heterocycles. The van der Waals surface area contributed by atoms with Crippen LogP contribution in [0.15, 0.2) is 42.5 Å². The van der Waals surface area contributed by atoms with E-state index in [-0.39, 0.29) is 29.6 Å². The summed E-state index contributed by atoms with van der Waals surface area (Å²) in [7, 11) is -2.79. The number of benzene rings is 2. The average molecular weight is 521 g/mol. The Kier molecular flexibility index (Phi) is 9.79. The number of rotatable bonds is 12. The molecule has 0 unspecified atom stereocenters. The zero-order chi connectivity index (χ0) is 27.0. The van der Waals surface area contributed by atoms with Gasteiger partial charge in [-0.3, -0.25) is 24.0 Å². The van der Waals surface area contributed by atoms with Gasteiger partial charge in [0, 0.05) is 25.2 Å². The van der Waals surface area contributed by atoms with Crippen LogP contribution in [0.5, 0.6) is 5.75 Å². The first-order chi connectivity index (χ1) is 16.9. The molecule has 36 heavy (non-hydrogen) atoms. The van der Waals surface area contributed by atoms with E-state index in [0.717, 1.165) is 27.8 Å². The maximum absolute atomic E-state index is 13.5. The van der Waals surface area contributed by atoms with Crippen molar-refractivity contribution in [1.29, 1.82) is 0 Å². The summed E-state index contributed by atoms with van der Waals surface area (Å²) in [6.45, 7) is 5.18. The van der Waals surface area contributed by atoms with Gasteiger partial charge in [0.15, 0.2) is 0 Å². The minimum absolute atomic E-state index is 0.0395. The average Bonchev–Trinajstić information content (AvgIpc) is 2.83. The summed E-state index contributed by atoms with van der Waals surface area (Å²) < 4.78 is 31.4. The molecule has 0 fully saturated rings. The van der Waals surface area contributed by atoms with Crippen LogP contribution in [0.4, 0.5) is 11.4 Å². The molecule has 0 aliphatic carbocycles. The summed E-state index contributed by atoms with van der Waals surface area (Å²) in [6.07, 6.45) is 1.60. The SMILES string of the molecule is CCCNC(=O)[C@H](C)N(Cc1ccc(C)cc1)C(=O)CN(c1cc([N+](=O)[O-])ccc1OC)S(C)(=O)=O. The third kappa shape index (κ3) is 7.41. The molecule has 1 atom stereocenters. The van der Waals surface area contributed by atoms with Crippen LogP contribution in [0.3, 0.4) is 0 Å². The molecule has 0 heterocycles. The highest BCUT2D eigenvalue weighted by Crippen LogP contribution is 2.33. The third-order valence-corrected chi connectivity index (χ3v) is 6.64. The second-order valence-corrected chi connectivity index (χ2v) is 10.3. The Balaban J connectivity index is 2.49. The number of aryl methyl sites for hydroxylation is 1. The van der Waals surface area contributed by atoms with Crippen LogP contribution in [-0.2, 0) is 26.2 Å². The molecule has 0 spiro atoms. The van der Waals surface area contributed by atoms with Crippen LogP contribution >= 0.6 is 0 Å². The Hall–Kier alpha value is -3.67. The monoisotopic (exact) mass is 520 g/mol. The van der Waals surface area contributed by atoms with Crippen molar-refractivity contribution in [3.63, 3.8) is 0 Å². The predicted octanol–water partition coefficient (Wildman–Crippen LogP) is 2.62. The number of hydrogen-bond acceptors (Lipinski definition) is 7. The van der Waals surface area contributed by atoms with E-state index in [9.17, 15) is 28.1 Å². The molecule has 2 amide bonds. The summed E-state index contributed by atoms with van der Waals surface area (Å²) in [5.74, 6) is -0.998. The molecule has 2 aromatic carbocycles. The first-order valence-electron chi connectivity index (χ1n) is 11.3. The number of methoxy groups -OCH3 is 1. The summed E-state index contributed by atoms with van der Waals surface area (Å²) in [5.41, 5.74) is 1.26. The van der Waals surface area contributed by atoms with Crippen LogP contribution in [0.25, 0.3) is 0 Å². The molecular formula is C24H32N4O7S. The molecule has 0 bridgehead atoms. The van der Waals surface area contributed by atoms with Gasteiger partial charge in [0.2, 0.25) is 21.8 Å². The Morgan fingerprint density at radius 3 is 2.33 bits per heavy atom. The van der Waals surface area contributed by atoms with Crippen LogP contribution in [0.1, 0.15) is 31.4 Å². The van der Waals surface area contributed by atoms with E-state index in [1.54, 1.807) is 6.92 Å². The zero-order valence-electron chi connectivity index (χ0n) is 21.1. The molecule has 12 heteroatoms. The van der Waals surface area contributed by atoms with Gasteiger partial charge in [0.1, 0.15) is 24.0 Å². The highest BCUT2D eigenvalue weighted by Gasteiger charge is 2.31. The number of nitrogens with one attached hydrogen (secondary N) is 1. The zero-order valence-corrected chi connectivity index (χ0v) is 21.9. The number of carbonyl (C=O) groups is 2. The smallest absolute Gasteiger partial charge is 0.271 e. The molecule has 1 N–H and O–H groups in total. The standard InChI is InChI=1S/C24H32N4O7S/c1-6-13-25-24(30)18(3)26(15-19-9-7-17(2)8-10-19)23(29)16-27(36(5,33)34)21-14-20(28(31)32)11-12-22(21)35-4/h7-12,14,18H,6,13,15-16H2,1-5H3,(H,25,30)/t18-/m0/s1. The fraction of sp³-hybridized carbons (Fsp3) is 0.417. The minimum atomic E-state index is -4.08. The normalized spacial score (nSPS) is 11.9. The van der Waals surface area contributed by atoms with E-state index >= 15 is 0 Å². The second-order valence-electron chi connectivity index (χ2n) is 8.36. The van der Waals surface area contributed by atoms with Gasteiger partial charge >= 0.3 is 0 Å². The van der Waals surface area contributed by atoms with E-state index in [2.05, 4.69) is 5.32 Å². The molecule has 0 saturated heterocycles. The van der Waals surface area contributed by atoms with Crippen molar-refractivity contribution < 1.29 is 27.7 Å². The number of carbonyl (C=O) groups excluding carboxylic acids is 2. The van der Waals surface area contributed by atoms with Crippen LogP contribution in [0, 0.1) is 17.0 Å². The van der Waals surface area contributed by atoms with Gasteiger partial charge in [0.05, 0.1) is 18.3 Å². The number of ether oxygens (including phenoxy) is 1. The number of amides is 2. The second kappa shape index (κ2) is 12.3. The molecule has 0 radical (unpaired) electrons. The van der Waals surface area contributed by atoms with Crippen LogP contribution in [0.2, 0.25) is 0 Å². The van der Waals surface area contributed by atoms with Crippen LogP contribution < -0.4 is 14.4 Å². The van der Waals surface area contributed by atoms with E-state index < -0.39 is 33.4 Å². The Morgan fingerprint density at radius 1 is 1.17 bits per heavy atom. The quantitative estimate of drug-likeness (QED) is 0.335. The van der Waals surface area contributed by atoms with E-state index in [1.807, 2.05) is 38.1 Å². The first-order valence-corrected chi connectivity index (χ1v) is 13.2. The van der Waals surface area contributed by atoms with E-state index in [4.69, 9.17) is 4.74 Å². The van der Waals surface area contributed by atoms with Crippen molar-refractivity contribution in [2.45, 2.75) is 39.8 Å². The minimum Gasteiger partial charge on any atom is -0.495 e. The summed E-state index contributed by atoms with van der Waals surface area (Å²) >= 11 is 0. The van der Waals surface area contributed by atoms with Gasteiger partial charge in [-0.25, -0.2) is 8.42 Å². The first kappa shape index (κ1) is 28.6. The molecule has 2 aromatic rings. The lowest BCUT2D eigenvalue weighted by atomic mass is 10.1. The topological polar surface area (TPSA) is 139 Å². The summed E-state index contributed by atoms with van der Waals surface area (Å²) in [5, 5.41) is 14.1. The van der Waals surface area contributed by atoms with Gasteiger partial charge in [-0.2, -0.15) is 0 Å². The number of nitro groups is 1. The van der Waals surface area contributed by atoms with Crippen molar-refractivity contribution >= 4 is 33.2 Å². The highest BCUT2D eigenvalue weighted by atomic mass is 32.2. The lowest BCUT2D eigenvalue weighted by Gasteiger charge is -2.31. The van der Waals surface area contributed by atoms with Gasteiger partial charge in [0.25, 0.3) is 5.69 Å². The summed E-state index contributed by atoms with van der Waals surface area (Å²) in [4.78, 5) is 38.2. The predicted molar refractivity (Wildman–Crippen MR) is 136 cm³/mol. The van der Waals surface area contributed by atoms with Crippen molar-refractivity contribution in [2.75, 3.05) is 30.8 Å². The van der Waals surface area contributed by atoms with Crippen molar-refractivity contribution in [3.8, 4) is 5.75 Å². The van der Waals surface area contributed by atoms with Crippen molar-refractivity contribution in [3.05, 3.63) is 63.7 Å². The van der Waals surface area contributed by atoms with Crippen LogP contribution in [-0.4, -0.2) is 62.6 Å². The lowest BCUT2D eigenvalue weighted by Crippen LogP contribution is -2.51. The fourth-order valence-electron chi connectivity index (χ4n) is 3.45. The van der Waals surface area contributed by atoms with E-state index in [0.29, 0.717) is 13.0 Å². The Labute approximate surface area is 211 Å². The van der Waals surface area contributed by atoms with Crippen molar-refractivity contribution in [2.24, 2.45) is 0 Å². The highest BCUT2D eigenvalue weighted by molar-refractivity contribution is 7.92. The molecule has 0 saturated carbocycles. The number of nitrogens with zero attached hydrogens (tertiary/aromatic N) is 3. The lowest BCUT2D eigenvalue weighted by molar-refractivity contribution is -0.384. The number of hydrogen-bond donors (Lipinski definition) is 1. The number of non-ortho nitro benzene ring substituents is 1. The maximum Gasteiger partial charge on any atom is 0.271 e. The Morgan fingerprint density at radius 2 is 1.81 bits per heavy atom. The van der Waals surface area contributed by atoms with Gasteiger partial charge in [-0.05, 0) is 31.9 Å². The van der Waals surface area contributed by atoms with Gasteiger partial charge in [-0.15, -0.1) is 0 Å². The molecule has 0 aliphatic heterocycles. The van der Waals surface area contributed by atoms with Crippen molar-refractivity contribution in [1.82, 2.24) is 10.2 Å². The number of sulfonamides is 1. The molecule has 2 rings (SSSR count). The number of anilines is 1.